The molecule has 0 amide bonds. The first kappa shape index (κ1) is 21.5. The zero-order chi connectivity index (χ0) is 20.8. The lowest BCUT2D eigenvalue weighted by Gasteiger charge is -2.39. The quantitative estimate of drug-likeness (QED) is 0.524. The average molecular weight is 404 g/mol. The van der Waals surface area contributed by atoms with E-state index in [1.807, 2.05) is 49.4 Å². The van der Waals surface area contributed by atoms with E-state index < -0.39 is 37.3 Å². The summed E-state index contributed by atoms with van der Waals surface area (Å²) in [4.78, 5) is 0. The maximum Gasteiger partial charge on any atom is 0.229 e. The summed E-state index contributed by atoms with van der Waals surface area (Å²) in [5.74, 6) is 1.05. The lowest BCUT2D eigenvalue weighted by Crippen LogP contribution is -2.60. The van der Waals surface area contributed by atoms with Gasteiger partial charge in [-0.3, -0.25) is 0 Å². The van der Waals surface area contributed by atoms with Crippen molar-refractivity contribution in [2.75, 3.05) is 13.2 Å². The summed E-state index contributed by atoms with van der Waals surface area (Å²) in [6, 6.07) is 15.3. The van der Waals surface area contributed by atoms with Crippen LogP contribution < -0.4 is 9.47 Å². The maximum absolute atomic E-state index is 10.3. The number of rotatable bonds is 8. The van der Waals surface area contributed by atoms with Gasteiger partial charge >= 0.3 is 0 Å². The molecular formula is C22H28O7. The lowest BCUT2D eigenvalue weighted by molar-refractivity contribution is -0.277. The topological polar surface area (TPSA) is 109 Å². The van der Waals surface area contributed by atoms with Crippen LogP contribution in [-0.4, -0.2) is 64.3 Å². The van der Waals surface area contributed by atoms with Gasteiger partial charge in [-0.15, -0.1) is 0 Å². The Balaban J connectivity index is 1.86. The molecule has 1 aliphatic heterocycles. The van der Waals surface area contributed by atoms with Gasteiger partial charge in [0.15, 0.2) is 0 Å². The number of ether oxygens (including phenoxy) is 3. The summed E-state index contributed by atoms with van der Waals surface area (Å²) in [7, 11) is 0. The third kappa shape index (κ3) is 5.26. The average Bonchev–Trinajstić information content (AvgIpc) is 2.74. The summed E-state index contributed by atoms with van der Waals surface area (Å²) >= 11 is 0. The van der Waals surface area contributed by atoms with E-state index in [4.69, 9.17) is 14.2 Å². The molecule has 7 nitrogen and oxygen atoms in total. The van der Waals surface area contributed by atoms with Gasteiger partial charge < -0.3 is 34.6 Å². The molecule has 7 heteroatoms. The Morgan fingerprint density at radius 2 is 1.72 bits per heavy atom. The van der Waals surface area contributed by atoms with Crippen molar-refractivity contribution in [3.8, 4) is 11.5 Å². The SMILES string of the molecule is CCCOc1ccc(Cc2ccccc2)c(O[C@@H]2O[C@H](CO)[C@@H](O)[C@H](O)[C@H]2O)c1. The largest absolute Gasteiger partial charge is 0.493 e. The Labute approximate surface area is 170 Å². The highest BCUT2D eigenvalue weighted by Gasteiger charge is 2.44. The molecule has 0 aliphatic carbocycles. The second kappa shape index (κ2) is 10.0. The molecular weight excluding hydrogens is 376 g/mol. The molecule has 1 aliphatic rings. The second-order valence-corrected chi connectivity index (χ2v) is 7.10. The van der Waals surface area contributed by atoms with Crippen molar-refractivity contribution in [3.05, 3.63) is 59.7 Å². The van der Waals surface area contributed by atoms with Crippen molar-refractivity contribution >= 4 is 0 Å². The predicted molar refractivity (Wildman–Crippen MR) is 106 cm³/mol. The van der Waals surface area contributed by atoms with Gasteiger partial charge in [-0.25, -0.2) is 0 Å². The van der Waals surface area contributed by atoms with Crippen LogP contribution in [0.5, 0.6) is 11.5 Å². The van der Waals surface area contributed by atoms with Crippen LogP contribution in [0.3, 0.4) is 0 Å². The first-order valence-electron chi connectivity index (χ1n) is 9.80. The Kier molecular flexibility index (Phi) is 7.46. The number of hydrogen-bond acceptors (Lipinski definition) is 7. The van der Waals surface area contributed by atoms with E-state index in [1.54, 1.807) is 6.07 Å². The molecule has 1 fully saturated rings. The minimum atomic E-state index is -1.50. The number of hydrogen-bond donors (Lipinski definition) is 4. The summed E-state index contributed by atoms with van der Waals surface area (Å²) in [5, 5.41) is 39.7. The fraction of sp³-hybridized carbons (Fsp3) is 0.455. The van der Waals surface area contributed by atoms with Crippen LogP contribution in [0.25, 0.3) is 0 Å². The highest BCUT2D eigenvalue weighted by atomic mass is 16.7. The summed E-state index contributed by atoms with van der Waals surface area (Å²) in [6.07, 6.45) is -5.24. The molecule has 0 unspecified atom stereocenters. The van der Waals surface area contributed by atoms with E-state index in [1.165, 1.54) is 0 Å². The predicted octanol–water partition coefficient (Wildman–Crippen LogP) is 1.24. The molecule has 0 spiro atoms. The normalized spacial score (nSPS) is 26.9. The van der Waals surface area contributed by atoms with Crippen molar-refractivity contribution in [3.63, 3.8) is 0 Å². The number of benzene rings is 2. The van der Waals surface area contributed by atoms with Crippen LogP contribution >= 0.6 is 0 Å². The van der Waals surface area contributed by atoms with Gasteiger partial charge in [-0.05, 0) is 23.6 Å². The van der Waals surface area contributed by atoms with Gasteiger partial charge in [0.2, 0.25) is 6.29 Å². The van der Waals surface area contributed by atoms with Crippen LogP contribution in [0.4, 0.5) is 0 Å². The van der Waals surface area contributed by atoms with Crippen molar-refractivity contribution in [1.29, 1.82) is 0 Å². The van der Waals surface area contributed by atoms with Crippen LogP contribution in [0.2, 0.25) is 0 Å². The van der Waals surface area contributed by atoms with Gasteiger partial charge in [0, 0.05) is 12.5 Å². The summed E-state index contributed by atoms with van der Waals surface area (Å²) in [6.45, 7) is 2.05. The molecule has 5 atom stereocenters. The first-order chi connectivity index (χ1) is 14.0. The zero-order valence-electron chi connectivity index (χ0n) is 16.3. The fourth-order valence-electron chi connectivity index (χ4n) is 3.21. The second-order valence-electron chi connectivity index (χ2n) is 7.10. The van der Waals surface area contributed by atoms with E-state index in [0.717, 1.165) is 17.5 Å². The molecule has 0 bridgehead atoms. The first-order valence-corrected chi connectivity index (χ1v) is 9.80. The Morgan fingerprint density at radius 3 is 2.41 bits per heavy atom. The van der Waals surface area contributed by atoms with Gasteiger partial charge in [0.05, 0.1) is 13.2 Å². The number of aliphatic hydroxyl groups excluding tert-OH is 4. The van der Waals surface area contributed by atoms with E-state index in [0.29, 0.717) is 24.5 Å². The third-order valence-corrected chi connectivity index (χ3v) is 4.84. The minimum Gasteiger partial charge on any atom is -0.493 e. The van der Waals surface area contributed by atoms with Crippen LogP contribution in [0.15, 0.2) is 48.5 Å². The summed E-state index contributed by atoms with van der Waals surface area (Å²) in [5.41, 5.74) is 1.92. The minimum absolute atomic E-state index is 0.437. The van der Waals surface area contributed by atoms with Gasteiger partial charge in [0.1, 0.15) is 35.9 Å². The van der Waals surface area contributed by atoms with Crippen LogP contribution in [-0.2, 0) is 11.2 Å². The van der Waals surface area contributed by atoms with Crippen molar-refractivity contribution < 1.29 is 34.6 Å². The molecule has 2 aromatic carbocycles. The molecule has 1 heterocycles. The van der Waals surface area contributed by atoms with Crippen molar-refractivity contribution in [1.82, 2.24) is 0 Å². The Morgan fingerprint density at radius 1 is 0.966 bits per heavy atom. The molecule has 0 aromatic heterocycles. The molecule has 158 valence electrons. The third-order valence-electron chi connectivity index (χ3n) is 4.84. The van der Waals surface area contributed by atoms with Gasteiger partial charge in [-0.1, -0.05) is 43.3 Å². The molecule has 4 N–H and O–H groups in total. The lowest BCUT2D eigenvalue weighted by atomic mass is 9.99. The molecule has 2 aromatic rings. The van der Waals surface area contributed by atoms with Crippen LogP contribution in [0, 0.1) is 0 Å². The Bertz CT molecular complexity index is 765. The molecule has 0 radical (unpaired) electrons. The van der Waals surface area contributed by atoms with Gasteiger partial charge in [0.25, 0.3) is 0 Å². The van der Waals surface area contributed by atoms with E-state index in [2.05, 4.69) is 0 Å². The fourth-order valence-corrected chi connectivity index (χ4v) is 3.21. The highest BCUT2D eigenvalue weighted by Crippen LogP contribution is 2.31. The van der Waals surface area contributed by atoms with Crippen LogP contribution in [0.1, 0.15) is 24.5 Å². The van der Waals surface area contributed by atoms with E-state index in [-0.39, 0.29) is 0 Å². The zero-order valence-corrected chi connectivity index (χ0v) is 16.3. The molecule has 1 saturated heterocycles. The standard InChI is InChI=1S/C22H28O7/c1-2-10-27-16-9-8-15(11-14-6-4-3-5-7-14)17(12-16)28-22-21(26)20(25)19(24)18(13-23)29-22/h3-9,12,18-26H,2,10-11,13H2,1H3/t18-,19-,20+,21-,22-/m1/s1. The van der Waals surface area contributed by atoms with E-state index >= 15 is 0 Å². The smallest absolute Gasteiger partial charge is 0.229 e. The number of aliphatic hydroxyl groups is 4. The maximum atomic E-state index is 10.3. The monoisotopic (exact) mass is 404 g/mol. The Hall–Kier alpha value is -2.16. The molecule has 29 heavy (non-hydrogen) atoms. The van der Waals surface area contributed by atoms with Crippen molar-refractivity contribution in [2.24, 2.45) is 0 Å². The summed E-state index contributed by atoms with van der Waals surface area (Å²) < 4.78 is 17.1. The highest BCUT2D eigenvalue weighted by molar-refractivity contribution is 5.43. The molecule has 3 rings (SSSR count). The van der Waals surface area contributed by atoms with E-state index in [9.17, 15) is 20.4 Å². The van der Waals surface area contributed by atoms with Gasteiger partial charge in [-0.2, -0.15) is 0 Å². The van der Waals surface area contributed by atoms with Crippen molar-refractivity contribution in [2.45, 2.75) is 50.5 Å². The molecule has 0 saturated carbocycles.